The van der Waals surface area contributed by atoms with Crippen molar-refractivity contribution in [3.05, 3.63) is 0 Å². The molecule has 88 valence electrons. The standard InChI is InChI=1S/C9H17NO4S/c1-7(5-9(11)12)10-8-3-2-4-15(13,14)6-8/h7-8,10H,2-6H2,1H3,(H,11,12). The van der Waals surface area contributed by atoms with Gasteiger partial charge in [0.05, 0.1) is 17.9 Å². The molecule has 0 aromatic heterocycles. The Labute approximate surface area is 89.8 Å². The summed E-state index contributed by atoms with van der Waals surface area (Å²) in [7, 11) is -2.92. The van der Waals surface area contributed by atoms with Gasteiger partial charge in [0, 0.05) is 12.1 Å². The average molecular weight is 235 g/mol. The number of nitrogens with one attached hydrogen (secondary N) is 1. The zero-order valence-electron chi connectivity index (χ0n) is 8.77. The summed E-state index contributed by atoms with van der Waals surface area (Å²) < 4.78 is 22.6. The fourth-order valence-electron chi connectivity index (χ4n) is 1.88. The number of hydrogen-bond acceptors (Lipinski definition) is 4. The molecule has 2 atom stereocenters. The van der Waals surface area contributed by atoms with E-state index in [2.05, 4.69) is 5.32 Å². The first-order chi connectivity index (χ1) is 6.89. The van der Waals surface area contributed by atoms with E-state index in [9.17, 15) is 13.2 Å². The fourth-order valence-corrected chi connectivity index (χ4v) is 3.53. The summed E-state index contributed by atoms with van der Waals surface area (Å²) >= 11 is 0. The van der Waals surface area contributed by atoms with Crippen LogP contribution in [0.25, 0.3) is 0 Å². The lowest BCUT2D eigenvalue weighted by Gasteiger charge is -2.25. The van der Waals surface area contributed by atoms with E-state index in [1.165, 1.54) is 0 Å². The molecule has 1 saturated heterocycles. The van der Waals surface area contributed by atoms with Gasteiger partial charge in [0.25, 0.3) is 0 Å². The van der Waals surface area contributed by atoms with Crippen LogP contribution in [0.1, 0.15) is 26.2 Å². The molecule has 0 radical (unpaired) electrons. The number of aliphatic carboxylic acids is 1. The molecular weight excluding hydrogens is 218 g/mol. The van der Waals surface area contributed by atoms with Crippen molar-refractivity contribution in [3.8, 4) is 0 Å². The smallest absolute Gasteiger partial charge is 0.304 e. The van der Waals surface area contributed by atoms with Crippen LogP contribution in [0, 0.1) is 0 Å². The van der Waals surface area contributed by atoms with E-state index >= 15 is 0 Å². The van der Waals surface area contributed by atoms with Gasteiger partial charge < -0.3 is 10.4 Å². The second-order valence-electron chi connectivity index (χ2n) is 4.12. The molecule has 15 heavy (non-hydrogen) atoms. The van der Waals surface area contributed by atoms with Crippen LogP contribution in [-0.4, -0.2) is 43.1 Å². The van der Waals surface area contributed by atoms with Gasteiger partial charge in [-0.3, -0.25) is 4.79 Å². The summed E-state index contributed by atoms with van der Waals surface area (Å²) in [5.74, 6) is -0.469. The zero-order chi connectivity index (χ0) is 11.5. The van der Waals surface area contributed by atoms with Gasteiger partial charge in [0.15, 0.2) is 9.84 Å². The van der Waals surface area contributed by atoms with Gasteiger partial charge in [0.1, 0.15) is 0 Å². The molecule has 0 bridgehead atoms. The largest absolute Gasteiger partial charge is 0.481 e. The van der Waals surface area contributed by atoms with Crippen molar-refractivity contribution in [2.75, 3.05) is 11.5 Å². The first kappa shape index (κ1) is 12.4. The van der Waals surface area contributed by atoms with Crippen molar-refractivity contribution < 1.29 is 18.3 Å². The Morgan fingerprint density at radius 2 is 2.27 bits per heavy atom. The zero-order valence-corrected chi connectivity index (χ0v) is 9.59. The normalized spacial score (nSPS) is 27.1. The first-order valence-electron chi connectivity index (χ1n) is 5.07. The molecule has 1 rings (SSSR count). The van der Waals surface area contributed by atoms with Crippen molar-refractivity contribution in [2.24, 2.45) is 0 Å². The van der Waals surface area contributed by atoms with Crippen molar-refractivity contribution in [2.45, 2.75) is 38.3 Å². The van der Waals surface area contributed by atoms with Gasteiger partial charge in [-0.1, -0.05) is 0 Å². The fraction of sp³-hybridized carbons (Fsp3) is 0.889. The Balaban J connectivity index is 2.41. The van der Waals surface area contributed by atoms with E-state index in [1.807, 2.05) is 0 Å². The third-order valence-corrected chi connectivity index (χ3v) is 4.28. The minimum atomic E-state index is -2.92. The molecule has 0 saturated carbocycles. The van der Waals surface area contributed by atoms with Crippen molar-refractivity contribution in [3.63, 3.8) is 0 Å². The minimum Gasteiger partial charge on any atom is -0.481 e. The second kappa shape index (κ2) is 4.94. The van der Waals surface area contributed by atoms with Gasteiger partial charge in [-0.15, -0.1) is 0 Å². The van der Waals surface area contributed by atoms with Crippen LogP contribution in [0.3, 0.4) is 0 Å². The summed E-state index contributed by atoms with van der Waals surface area (Å²) in [6.07, 6.45) is 1.50. The maximum Gasteiger partial charge on any atom is 0.304 e. The molecule has 1 aliphatic heterocycles. The lowest BCUT2D eigenvalue weighted by molar-refractivity contribution is -0.137. The Hall–Kier alpha value is -0.620. The molecule has 1 fully saturated rings. The Bertz CT molecular complexity index is 325. The monoisotopic (exact) mass is 235 g/mol. The second-order valence-corrected chi connectivity index (χ2v) is 6.35. The van der Waals surface area contributed by atoms with Crippen molar-refractivity contribution in [1.29, 1.82) is 0 Å². The van der Waals surface area contributed by atoms with Crippen LogP contribution in [0.5, 0.6) is 0 Å². The highest BCUT2D eigenvalue weighted by atomic mass is 32.2. The van der Waals surface area contributed by atoms with Crippen LogP contribution in [0.4, 0.5) is 0 Å². The van der Waals surface area contributed by atoms with Crippen LogP contribution < -0.4 is 5.32 Å². The molecule has 6 heteroatoms. The molecule has 2 N–H and O–H groups in total. The average Bonchev–Trinajstić information content (AvgIpc) is 1.99. The number of sulfone groups is 1. The van der Waals surface area contributed by atoms with Crippen LogP contribution in [-0.2, 0) is 14.6 Å². The highest BCUT2D eigenvalue weighted by Gasteiger charge is 2.25. The lowest BCUT2D eigenvalue weighted by atomic mass is 10.1. The van der Waals surface area contributed by atoms with Gasteiger partial charge in [-0.05, 0) is 19.8 Å². The quantitative estimate of drug-likeness (QED) is 0.717. The van der Waals surface area contributed by atoms with Crippen molar-refractivity contribution in [1.82, 2.24) is 5.32 Å². The summed E-state index contributed by atoms with van der Waals surface area (Å²) in [6.45, 7) is 1.76. The highest BCUT2D eigenvalue weighted by molar-refractivity contribution is 7.91. The number of carbonyl (C=O) groups is 1. The SMILES string of the molecule is CC(CC(=O)O)NC1CCCS(=O)(=O)C1. The predicted octanol–water partition coefficient (Wildman–Crippen LogP) is 0.0164. The Morgan fingerprint density at radius 3 is 2.80 bits per heavy atom. The van der Waals surface area contributed by atoms with E-state index in [0.29, 0.717) is 6.42 Å². The highest BCUT2D eigenvalue weighted by Crippen LogP contribution is 2.12. The molecule has 1 heterocycles. The van der Waals surface area contributed by atoms with E-state index < -0.39 is 15.8 Å². The summed E-state index contributed by atoms with van der Waals surface area (Å²) in [5, 5.41) is 11.6. The number of rotatable bonds is 4. The molecular formula is C9H17NO4S. The molecule has 1 aliphatic rings. The summed E-state index contributed by atoms with van der Waals surface area (Å²) in [6, 6.07) is -0.265. The number of carboxylic acids is 1. The van der Waals surface area contributed by atoms with E-state index in [1.54, 1.807) is 6.92 Å². The van der Waals surface area contributed by atoms with Gasteiger partial charge in [-0.25, -0.2) is 8.42 Å². The Morgan fingerprint density at radius 1 is 1.60 bits per heavy atom. The van der Waals surface area contributed by atoms with Gasteiger partial charge in [-0.2, -0.15) is 0 Å². The van der Waals surface area contributed by atoms with Gasteiger partial charge >= 0.3 is 5.97 Å². The maximum absolute atomic E-state index is 11.3. The van der Waals surface area contributed by atoms with E-state index in [0.717, 1.165) is 6.42 Å². The number of hydrogen-bond donors (Lipinski definition) is 2. The van der Waals surface area contributed by atoms with Crippen LogP contribution in [0.2, 0.25) is 0 Å². The van der Waals surface area contributed by atoms with E-state index in [-0.39, 0.29) is 30.0 Å². The van der Waals surface area contributed by atoms with Gasteiger partial charge in [0.2, 0.25) is 0 Å². The third-order valence-electron chi connectivity index (χ3n) is 2.46. The molecule has 0 aromatic rings. The summed E-state index contributed by atoms with van der Waals surface area (Å²) in [4.78, 5) is 10.4. The molecule has 0 aliphatic carbocycles. The first-order valence-corrected chi connectivity index (χ1v) is 6.89. The molecule has 5 nitrogen and oxygen atoms in total. The van der Waals surface area contributed by atoms with E-state index in [4.69, 9.17) is 5.11 Å². The third kappa shape index (κ3) is 4.61. The number of carboxylic acid groups (broad SMARTS) is 1. The summed E-state index contributed by atoms with van der Waals surface area (Å²) in [5.41, 5.74) is 0. The molecule has 0 aromatic carbocycles. The maximum atomic E-state index is 11.3. The Kier molecular flexibility index (Phi) is 4.10. The molecule has 2 unspecified atom stereocenters. The van der Waals surface area contributed by atoms with Crippen LogP contribution in [0.15, 0.2) is 0 Å². The lowest BCUT2D eigenvalue weighted by Crippen LogP contribution is -2.44. The molecule has 0 amide bonds. The topological polar surface area (TPSA) is 83.5 Å². The van der Waals surface area contributed by atoms with Crippen LogP contribution >= 0.6 is 0 Å². The molecule has 0 spiro atoms. The minimum absolute atomic E-state index is 0.0244. The van der Waals surface area contributed by atoms with Crippen molar-refractivity contribution >= 4 is 15.8 Å². The predicted molar refractivity (Wildman–Crippen MR) is 56.5 cm³/mol.